The summed E-state index contributed by atoms with van der Waals surface area (Å²) in [5.74, 6) is -0.212. The molecular weight excluding hydrogens is 479 g/mol. The Labute approximate surface area is 175 Å². The summed E-state index contributed by atoms with van der Waals surface area (Å²) in [4.78, 5) is 26.7. The molecule has 2 amide bonds. The number of thioether (sulfide) groups is 1. The number of benzene rings is 2. The molecule has 0 radical (unpaired) electrons. The lowest BCUT2D eigenvalue weighted by atomic mass is 10.1. The highest BCUT2D eigenvalue weighted by atomic mass is 127. The fourth-order valence-electron chi connectivity index (χ4n) is 2.39. The highest BCUT2D eigenvalue weighted by molar-refractivity contribution is 14.1. The van der Waals surface area contributed by atoms with Gasteiger partial charge >= 0.3 is 0 Å². The van der Waals surface area contributed by atoms with E-state index < -0.39 is 0 Å². The molecule has 2 aromatic rings. The lowest BCUT2D eigenvalue weighted by Crippen LogP contribution is -2.27. The third-order valence-electron chi connectivity index (χ3n) is 3.76. The lowest BCUT2D eigenvalue weighted by molar-refractivity contribution is -0.121. The van der Waals surface area contributed by atoms with Crippen molar-refractivity contribution in [2.45, 2.75) is 6.92 Å². The number of nitrogens with zero attached hydrogens (tertiary/aromatic N) is 1. The van der Waals surface area contributed by atoms with Crippen molar-refractivity contribution in [1.29, 1.82) is 0 Å². The van der Waals surface area contributed by atoms with Crippen LogP contribution < -0.4 is 5.32 Å². The van der Waals surface area contributed by atoms with Crippen molar-refractivity contribution in [2.75, 3.05) is 11.9 Å². The summed E-state index contributed by atoms with van der Waals surface area (Å²) >= 11 is 8.72. The summed E-state index contributed by atoms with van der Waals surface area (Å²) in [7, 11) is 0. The molecule has 0 bridgehead atoms. The zero-order valence-electron chi connectivity index (χ0n) is 13.9. The molecule has 0 spiro atoms. The van der Waals surface area contributed by atoms with E-state index in [9.17, 15) is 9.59 Å². The quantitative estimate of drug-likeness (QED) is 0.378. The maximum atomic E-state index is 12.2. The van der Waals surface area contributed by atoms with Crippen LogP contribution in [0.1, 0.15) is 22.8 Å². The molecule has 2 aromatic carbocycles. The maximum Gasteiger partial charge on any atom is 0.266 e. The molecule has 132 valence electrons. The van der Waals surface area contributed by atoms with Gasteiger partial charge in [-0.3, -0.25) is 14.5 Å². The summed E-state index contributed by atoms with van der Waals surface area (Å²) in [5.41, 5.74) is 2.19. The number of carbonyl (C=O) groups excluding carboxylic acids is 2. The summed E-state index contributed by atoms with van der Waals surface area (Å²) in [6.45, 7) is 2.48. The van der Waals surface area contributed by atoms with Crippen molar-refractivity contribution in [3.05, 3.63) is 68.1 Å². The minimum atomic E-state index is -0.155. The summed E-state index contributed by atoms with van der Waals surface area (Å²) in [5, 5.41) is 2.87. The lowest BCUT2D eigenvalue weighted by Gasteiger charge is -2.09. The van der Waals surface area contributed by atoms with Crippen LogP contribution in [0.5, 0.6) is 0 Å². The minimum Gasteiger partial charge on any atom is -0.322 e. The van der Waals surface area contributed by atoms with Gasteiger partial charge in [0.25, 0.3) is 11.8 Å². The van der Waals surface area contributed by atoms with Gasteiger partial charge in [0, 0.05) is 21.4 Å². The predicted octanol–water partition coefficient (Wildman–Crippen LogP) is 4.76. The molecule has 1 aliphatic heterocycles. The van der Waals surface area contributed by atoms with E-state index in [1.807, 2.05) is 49.4 Å². The summed E-state index contributed by atoms with van der Waals surface area (Å²) in [6, 6.07) is 14.7. The number of hydrogen-bond acceptors (Lipinski definition) is 4. The molecule has 0 saturated carbocycles. The second-order valence-corrected chi connectivity index (χ2v) is 8.43. The Balaban J connectivity index is 1.70. The van der Waals surface area contributed by atoms with Gasteiger partial charge in [-0.15, -0.1) is 0 Å². The fourth-order valence-corrected chi connectivity index (χ4v) is 4.14. The van der Waals surface area contributed by atoms with Gasteiger partial charge < -0.3 is 5.32 Å². The van der Waals surface area contributed by atoms with Gasteiger partial charge in [-0.05, 0) is 77.6 Å². The van der Waals surface area contributed by atoms with E-state index >= 15 is 0 Å². The third-order valence-corrected chi connectivity index (χ3v) is 5.86. The molecule has 0 aliphatic carbocycles. The number of carbonyl (C=O) groups is 2. The largest absolute Gasteiger partial charge is 0.322 e. The van der Waals surface area contributed by atoms with Crippen LogP contribution in [-0.2, 0) is 4.79 Å². The number of anilines is 1. The Morgan fingerprint density at radius 1 is 1.19 bits per heavy atom. The predicted molar refractivity (Wildman–Crippen MR) is 119 cm³/mol. The van der Waals surface area contributed by atoms with Gasteiger partial charge in [-0.25, -0.2) is 0 Å². The maximum absolute atomic E-state index is 12.2. The molecule has 1 heterocycles. The van der Waals surface area contributed by atoms with Crippen LogP contribution in [0.3, 0.4) is 0 Å². The summed E-state index contributed by atoms with van der Waals surface area (Å²) < 4.78 is 1.67. The molecule has 1 fully saturated rings. The molecule has 4 nitrogen and oxygen atoms in total. The van der Waals surface area contributed by atoms with Crippen LogP contribution in [0.4, 0.5) is 5.69 Å². The molecule has 7 heteroatoms. The Morgan fingerprint density at radius 2 is 1.85 bits per heavy atom. The molecule has 0 atom stereocenters. The number of hydrogen-bond donors (Lipinski definition) is 1. The molecule has 1 N–H and O–H groups in total. The van der Waals surface area contributed by atoms with Crippen LogP contribution in [0.15, 0.2) is 53.4 Å². The van der Waals surface area contributed by atoms with Crippen molar-refractivity contribution in [3.63, 3.8) is 0 Å². The number of nitrogens with one attached hydrogen (secondary N) is 1. The van der Waals surface area contributed by atoms with Crippen LogP contribution in [0.25, 0.3) is 6.08 Å². The van der Waals surface area contributed by atoms with Crippen molar-refractivity contribution in [1.82, 2.24) is 4.90 Å². The van der Waals surface area contributed by atoms with Gasteiger partial charge in [0.15, 0.2) is 0 Å². The first-order chi connectivity index (χ1) is 12.5. The first kappa shape index (κ1) is 19.1. The zero-order chi connectivity index (χ0) is 18.7. The topological polar surface area (TPSA) is 49.4 Å². The highest BCUT2D eigenvalue weighted by Crippen LogP contribution is 2.32. The molecule has 0 aromatic heterocycles. The molecular formula is C19H15IN2O2S2. The number of likely N-dealkylation sites (N-methyl/N-ethyl adjacent to an activating group) is 1. The van der Waals surface area contributed by atoms with E-state index in [0.717, 1.165) is 9.13 Å². The first-order valence-electron chi connectivity index (χ1n) is 7.90. The molecule has 0 unspecified atom stereocenters. The average Bonchev–Trinajstić information content (AvgIpc) is 2.90. The standard InChI is InChI=1S/C19H15IN2O2S2/c1-2-22-18(24)16(26-19(22)25)11-12-3-9-15(10-4-12)21-17(23)13-5-7-14(20)8-6-13/h3-11H,2H2,1H3,(H,21,23)/b16-11-. The van der Waals surface area contributed by atoms with E-state index in [-0.39, 0.29) is 11.8 Å². The zero-order valence-corrected chi connectivity index (χ0v) is 17.7. The number of thiocarbonyl (C=S) groups is 1. The van der Waals surface area contributed by atoms with Gasteiger partial charge in [0.1, 0.15) is 4.32 Å². The van der Waals surface area contributed by atoms with Crippen LogP contribution in [-0.4, -0.2) is 27.6 Å². The Morgan fingerprint density at radius 3 is 2.42 bits per heavy atom. The van der Waals surface area contributed by atoms with E-state index in [1.54, 1.807) is 17.0 Å². The Bertz CT molecular complexity index is 893. The van der Waals surface area contributed by atoms with E-state index in [2.05, 4.69) is 27.9 Å². The monoisotopic (exact) mass is 494 g/mol. The smallest absolute Gasteiger partial charge is 0.266 e. The summed E-state index contributed by atoms with van der Waals surface area (Å²) in [6.07, 6.45) is 1.82. The van der Waals surface area contributed by atoms with Crippen LogP contribution in [0.2, 0.25) is 0 Å². The molecule has 1 aliphatic rings. The molecule has 1 saturated heterocycles. The normalized spacial score (nSPS) is 15.6. The van der Waals surface area contributed by atoms with Gasteiger partial charge in [-0.1, -0.05) is 36.1 Å². The van der Waals surface area contributed by atoms with Crippen molar-refractivity contribution >= 4 is 74.5 Å². The van der Waals surface area contributed by atoms with Crippen LogP contribution in [0, 0.1) is 3.57 Å². The van der Waals surface area contributed by atoms with Gasteiger partial charge in [0.05, 0.1) is 4.91 Å². The third kappa shape index (κ3) is 4.33. The first-order valence-corrected chi connectivity index (χ1v) is 10.2. The number of rotatable bonds is 4. The number of amides is 2. The SMILES string of the molecule is CCN1C(=O)/C(=C/c2ccc(NC(=O)c3ccc(I)cc3)cc2)SC1=S. The van der Waals surface area contributed by atoms with E-state index in [0.29, 0.717) is 27.0 Å². The van der Waals surface area contributed by atoms with E-state index in [1.165, 1.54) is 11.8 Å². The molecule has 3 rings (SSSR count). The minimum absolute atomic E-state index is 0.0569. The molecule has 26 heavy (non-hydrogen) atoms. The number of halogens is 1. The highest BCUT2D eigenvalue weighted by Gasteiger charge is 2.30. The van der Waals surface area contributed by atoms with Crippen molar-refractivity contribution in [3.8, 4) is 0 Å². The Hall–Kier alpha value is -1.71. The van der Waals surface area contributed by atoms with E-state index in [4.69, 9.17) is 12.2 Å². The van der Waals surface area contributed by atoms with Gasteiger partial charge in [0.2, 0.25) is 0 Å². The van der Waals surface area contributed by atoms with Crippen molar-refractivity contribution < 1.29 is 9.59 Å². The average molecular weight is 494 g/mol. The second kappa shape index (κ2) is 8.32. The van der Waals surface area contributed by atoms with Gasteiger partial charge in [-0.2, -0.15) is 0 Å². The van der Waals surface area contributed by atoms with Crippen LogP contribution >= 0.6 is 46.6 Å². The van der Waals surface area contributed by atoms with Crippen molar-refractivity contribution in [2.24, 2.45) is 0 Å². The Kier molecular flexibility index (Phi) is 6.10. The fraction of sp³-hybridized carbons (Fsp3) is 0.105. The second-order valence-electron chi connectivity index (χ2n) is 5.51.